The van der Waals surface area contributed by atoms with Crippen molar-refractivity contribution in [2.24, 2.45) is 0 Å². The van der Waals surface area contributed by atoms with Crippen LogP contribution in [0.25, 0.3) is 0 Å². The highest BCUT2D eigenvalue weighted by Gasteiger charge is 2.46. The molecule has 3 amide bonds. The first kappa shape index (κ1) is 10.7. The van der Waals surface area contributed by atoms with Gasteiger partial charge in [0.15, 0.2) is 0 Å². The Kier molecular flexibility index (Phi) is 3.12. The second-order valence-electron chi connectivity index (χ2n) is 3.20. The van der Waals surface area contributed by atoms with Crippen LogP contribution in [0.4, 0.5) is 4.79 Å². The molecule has 0 aromatic heterocycles. The number of nitrogens with zero attached hydrogens (tertiary/aromatic N) is 1. The van der Waals surface area contributed by atoms with E-state index in [1.807, 2.05) is 7.05 Å². The summed E-state index contributed by atoms with van der Waals surface area (Å²) in [6.45, 7) is 2.44. The van der Waals surface area contributed by atoms with Crippen molar-refractivity contribution in [1.29, 1.82) is 0 Å². The van der Waals surface area contributed by atoms with Crippen molar-refractivity contribution in [2.45, 2.75) is 18.9 Å². The minimum atomic E-state index is -0.735. The van der Waals surface area contributed by atoms with Crippen LogP contribution in [0.2, 0.25) is 0 Å². The molecule has 1 rings (SSSR count). The third kappa shape index (κ3) is 1.93. The molecule has 0 aromatic carbocycles. The van der Waals surface area contributed by atoms with Crippen molar-refractivity contribution in [3.05, 3.63) is 0 Å². The molecule has 1 heterocycles. The van der Waals surface area contributed by atoms with Gasteiger partial charge in [-0.3, -0.25) is 4.79 Å². The third-order valence-electron chi connectivity index (χ3n) is 2.09. The summed E-state index contributed by atoms with van der Waals surface area (Å²) in [5.41, 5.74) is -0.735. The quantitative estimate of drug-likeness (QED) is 0.446. The summed E-state index contributed by atoms with van der Waals surface area (Å²) in [5, 5.41) is 5.60. The molecule has 74 valence electrons. The Morgan fingerprint density at radius 3 is 2.62 bits per heavy atom. The lowest BCUT2D eigenvalue weighted by molar-refractivity contribution is -0.126. The van der Waals surface area contributed by atoms with Gasteiger partial charge in [0, 0.05) is 0 Å². The molecule has 0 saturated carbocycles. The number of hydrogen-bond acceptors (Lipinski definition) is 3. The first-order chi connectivity index (χ1) is 6.01. The van der Waals surface area contributed by atoms with Gasteiger partial charge in [-0.2, -0.15) is 0 Å². The summed E-state index contributed by atoms with van der Waals surface area (Å²) in [6, 6.07) is -0.329. The van der Waals surface area contributed by atoms with Crippen LogP contribution < -0.4 is 10.6 Å². The van der Waals surface area contributed by atoms with E-state index < -0.39 is 5.54 Å². The Balaban J connectivity index is 2.70. The highest BCUT2D eigenvalue weighted by molar-refractivity contribution is 14.1. The van der Waals surface area contributed by atoms with E-state index in [1.165, 1.54) is 0 Å². The molecule has 0 spiro atoms. The van der Waals surface area contributed by atoms with Crippen molar-refractivity contribution >= 4 is 34.8 Å². The number of nitrogens with one attached hydrogen (secondary N) is 2. The zero-order valence-electron chi connectivity index (χ0n) is 7.56. The van der Waals surface area contributed by atoms with E-state index >= 15 is 0 Å². The van der Waals surface area contributed by atoms with E-state index in [2.05, 4.69) is 10.6 Å². The van der Waals surface area contributed by atoms with Crippen molar-refractivity contribution in [3.8, 4) is 0 Å². The maximum Gasteiger partial charge on any atom is 0.334 e. The fourth-order valence-electron chi connectivity index (χ4n) is 1.19. The lowest BCUT2D eigenvalue weighted by Crippen LogP contribution is -2.45. The molecule has 1 atom stereocenters. The molecular formula is C7H12IN3O2. The van der Waals surface area contributed by atoms with Crippen LogP contribution in [-0.4, -0.2) is 34.2 Å². The molecule has 1 saturated heterocycles. The van der Waals surface area contributed by atoms with Crippen molar-refractivity contribution < 1.29 is 9.59 Å². The Labute approximate surface area is 90.7 Å². The van der Waals surface area contributed by atoms with Crippen molar-refractivity contribution in [2.75, 3.05) is 13.6 Å². The summed E-state index contributed by atoms with van der Waals surface area (Å²) in [4.78, 5) is 22.7. The summed E-state index contributed by atoms with van der Waals surface area (Å²) in [6.07, 6.45) is 0.605. The standard InChI is InChI=1S/C7H12IN3O2/c1-7(3-4-9-2)5(12)11(8)6(13)10-7/h9H,3-4H2,1-2H3,(H,10,13). The predicted octanol–water partition coefficient (Wildman–Crippen LogP) is 0.256. The molecule has 1 unspecified atom stereocenters. The highest BCUT2D eigenvalue weighted by Crippen LogP contribution is 2.23. The Morgan fingerprint density at radius 2 is 2.23 bits per heavy atom. The highest BCUT2D eigenvalue weighted by atomic mass is 127. The third-order valence-corrected chi connectivity index (χ3v) is 2.96. The first-order valence-electron chi connectivity index (χ1n) is 3.98. The number of hydrogen-bond donors (Lipinski definition) is 2. The van der Waals surface area contributed by atoms with Crippen LogP contribution in [0.15, 0.2) is 0 Å². The molecular weight excluding hydrogens is 285 g/mol. The molecule has 1 aliphatic rings. The van der Waals surface area contributed by atoms with Gasteiger partial charge >= 0.3 is 6.03 Å². The van der Waals surface area contributed by atoms with Gasteiger partial charge in [-0.1, -0.05) is 0 Å². The minimum absolute atomic E-state index is 0.173. The van der Waals surface area contributed by atoms with E-state index in [0.29, 0.717) is 13.0 Å². The molecule has 0 bridgehead atoms. The fraction of sp³-hybridized carbons (Fsp3) is 0.714. The second-order valence-corrected chi connectivity index (χ2v) is 4.17. The topological polar surface area (TPSA) is 61.4 Å². The average Bonchev–Trinajstić information content (AvgIpc) is 2.28. The van der Waals surface area contributed by atoms with E-state index in [4.69, 9.17) is 0 Å². The Bertz CT molecular complexity index is 246. The average molecular weight is 297 g/mol. The SMILES string of the molecule is CNCCC1(C)NC(=O)N(I)C1=O. The zero-order chi connectivity index (χ0) is 10.1. The van der Waals surface area contributed by atoms with E-state index in [-0.39, 0.29) is 11.9 Å². The van der Waals surface area contributed by atoms with Crippen LogP contribution in [0, 0.1) is 0 Å². The molecule has 0 aliphatic carbocycles. The summed E-state index contributed by atoms with van der Waals surface area (Å²) in [7, 11) is 1.81. The lowest BCUT2D eigenvalue weighted by Gasteiger charge is -2.19. The molecule has 1 fully saturated rings. The number of carbonyl (C=O) groups is 2. The van der Waals surface area contributed by atoms with Crippen LogP contribution >= 0.6 is 22.9 Å². The summed E-state index contributed by atoms with van der Waals surface area (Å²) < 4.78 is 1.09. The van der Waals surface area contributed by atoms with Crippen molar-refractivity contribution in [3.63, 3.8) is 0 Å². The van der Waals surface area contributed by atoms with Gasteiger partial charge in [0.25, 0.3) is 5.91 Å². The normalized spacial score (nSPS) is 28.1. The molecule has 1 aliphatic heterocycles. The van der Waals surface area contributed by atoms with E-state index in [9.17, 15) is 9.59 Å². The molecule has 2 N–H and O–H groups in total. The Morgan fingerprint density at radius 1 is 1.62 bits per heavy atom. The van der Waals surface area contributed by atoms with Gasteiger partial charge in [-0.05, 0) is 26.9 Å². The van der Waals surface area contributed by atoms with Crippen LogP contribution in [0.5, 0.6) is 0 Å². The zero-order valence-corrected chi connectivity index (χ0v) is 9.71. The van der Waals surface area contributed by atoms with Crippen molar-refractivity contribution in [1.82, 2.24) is 13.7 Å². The number of amides is 3. The van der Waals surface area contributed by atoms with Gasteiger partial charge in [0.2, 0.25) is 0 Å². The minimum Gasteiger partial charge on any atom is -0.323 e. The van der Waals surface area contributed by atoms with Gasteiger partial charge in [-0.25, -0.2) is 7.91 Å². The summed E-state index contributed by atoms with van der Waals surface area (Å²) in [5.74, 6) is -0.173. The molecule has 0 aromatic rings. The van der Waals surface area contributed by atoms with Gasteiger partial charge in [-0.15, -0.1) is 0 Å². The Hall–Kier alpha value is -0.370. The monoisotopic (exact) mass is 297 g/mol. The maximum absolute atomic E-state index is 11.6. The molecule has 6 heteroatoms. The van der Waals surface area contributed by atoms with Gasteiger partial charge in [0.05, 0.1) is 22.9 Å². The number of urea groups is 1. The summed E-state index contributed by atoms with van der Waals surface area (Å²) >= 11 is 1.71. The molecule has 5 nitrogen and oxygen atoms in total. The second kappa shape index (κ2) is 3.79. The van der Waals surface area contributed by atoms with Gasteiger partial charge in [0.1, 0.15) is 5.54 Å². The maximum atomic E-state index is 11.6. The van der Waals surface area contributed by atoms with Crippen LogP contribution in [0.1, 0.15) is 13.3 Å². The smallest absolute Gasteiger partial charge is 0.323 e. The number of rotatable bonds is 3. The lowest BCUT2D eigenvalue weighted by atomic mass is 9.99. The number of halogens is 1. The number of carbonyl (C=O) groups excluding carboxylic acids is 2. The fourth-order valence-corrected chi connectivity index (χ4v) is 1.84. The van der Waals surface area contributed by atoms with E-state index in [0.717, 1.165) is 3.11 Å². The van der Waals surface area contributed by atoms with Gasteiger partial charge < -0.3 is 10.6 Å². The van der Waals surface area contributed by atoms with E-state index in [1.54, 1.807) is 29.8 Å². The van der Waals surface area contributed by atoms with Crippen LogP contribution in [-0.2, 0) is 4.79 Å². The number of imide groups is 1. The largest absolute Gasteiger partial charge is 0.334 e. The van der Waals surface area contributed by atoms with Crippen LogP contribution in [0.3, 0.4) is 0 Å². The molecule has 13 heavy (non-hydrogen) atoms. The first-order valence-corrected chi connectivity index (χ1v) is 4.95. The predicted molar refractivity (Wildman–Crippen MR) is 56.3 cm³/mol. The molecule has 0 radical (unpaired) electrons.